The van der Waals surface area contributed by atoms with Crippen LogP contribution in [0.1, 0.15) is 11.1 Å². The van der Waals surface area contributed by atoms with Gasteiger partial charge in [0.05, 0.1) is 28.1 Å². The van der Waals surface area contributed by atoms with Gasteiger partial charge in [-0.2, -0.15) is 0 Å². The van der Waals surface area contributed by atoms with Gasteiger partial charge < -0.3 is 4.57 Å². The van der Waals surface area contributed by atoms with Crippen LogP contribution in [0.4, 0.5) is 0 Å². The molecule has 1 aliphatic carbocycles. The summed E-state index contributed by atoms with van der Waals surface area (Å²) in [5.41, 5.74) is 19.1. The normalized spacial score (nSPS) is 12.1. The summed E-state index contributed by atoms with van der Waals surface area (Å²) in [6.07, 6.45) is 0.990. The van der Waals surface area contributed by atoms with Gasteiger partial charge in [0.1, 0.15) is 5.65 Å². The zero-order valence-electron chi connectivity index (χ0n) is 31.1. The molecule has 0 fully saturated rings. The van der Waals surface area contributed by atoms with Crippen LogP contribution >= 0.6 is 0 Å². The van der Waals surface area contributed by atoms with Crippen molar-refractivity contribution in [1.29, 1.82) is 0 Å². The highest BCUT2D eigenvalue weighted by Crippen LogP contribution is 2.42. The second kappa shape index (κ2) is 12.5. The number of aromatic nitrogens is 3. The summed E-state index contributed by atoms with van der Waals surface area (Å²) in [6.45, 7) is 0. The molecule has 0 spiro atoms. The Labute approximate surface area is 330 Å². The molecule has 8 aromatic carbocycles. The third-order valence-electron chi connectivity index (χ3n) is 11.9. The van der Waals surface area contributed by atoms with E-state index in [9.17, 15) is 0 Å². The van der Waals surface area contributed by atoms with E-state index >= 15 is 0 Å². The molecule has 0 unspecified atom stereocenters. The number of nitrogens with zero attached hydrogens (tertiary/aromatic N) is 3. The fraction of sp³-hybridized carbons (Fsp3) is 0.0185. The van der Waals surface area contributed by atoms with E-state index in [-0.39, 0.29) is 0 Å². The van der Waals surface area contributed by atoms with Gasteiger partial charge in [0.2, 0.25) is 0 Å². The van der Waals surface area contributed by atoms with Crippen molar-refractivity contribution in [1.82, 2.24) is 14.0 Å². The molecule has 11 aromatic rings. The first-order chi connectivity index (χ1) is 28.3. The maximum absolute atomic E-state index is 5.35. The van der Waals surface area contributed by atoms with Crippen molar-refractivity contribution in [3.8, 4) is 61.7 Å². The summed E-state index contributed by atoms with van der Waals surface area (Å²) in [4.78, 5) is 5.35. The molecule has 0 amide bonds. The molecule has 0 bridgehead atoms. The minimum atomic E-state index is 0.955. The molecule has 3 heterocycles. The average molecular weight is 726 g/mol. The summed E-state index contributed by atoms with van der Waals surface area (Å²) in [7, 11) is 0. The SMILES string of the molecule is c1ccc(-c2cc(-c3ccc(-n4c5ccccc5c5cc(-c6ccc7c(c6)Cc6ccccc6-7)ccc54)cc3)n3c(-c4ccccc4)c4ccccc4c3n2)cc1. The Morgan fingerprint density at radius 3 is 1.82 bits per heavy atom. The first-order valence-electron chi connectivity index (χ1n) is 19.7. The molecule has 266 valence electrons. The van der Waals surface area contributed by atoms with Gasteiger partial charge >= 0.3 is 0 Å². The van der Waals surface area contributed by atoms with Gasteiger partial charge in [0.15, 0.2) is 0 Å². The van der Waals surface area contributed by atoms with Crippen molar-refractivity contribution >= 4 is 38.2 Å². The summed E-state index contributed by atoms with van der Waals surface area (Å²) in [5.74, 6) is 0. The van der Waals surface area contributed by atoms with Crippen LogP contribution in [-0.2, 0) is 6.42 Å². The minimum absolute atomic E-state index is 0.955. The van der Waals surface area contributed by atoms with E-state index in [4.69, 9.17) is 4.98 Å². The van der Waals surface area contributed by atoms with Crippen LogP contribution in [0.5, 0.6) is 0 Å². The molecule has 0 atom stereocenters. The van der Waals surface area contributed by atoms with Crippen LogP contribution in [0.3, 0.4) is 0 Å². The highest BCUT2D eigenvalue weighted by molar-refractivity contribution is 6.11. The second-order valence-corrected chi connectivity index (χ2v) is 15.1. The quantitative estimate of drug-likeness (QED) is 0.173. The molecule has 57 heavy (non-hydrogen) atoms. The van der Waals surface area contributed by atoms with E-state index in [1.165, 1.54) is 60.6 Å². The van der Waals surface area contributed by atoms with Gasteiger partial charge in [-0.05, 0) is 87.3 Å². The number of benzene rings is 8. The molecule has 0 saturated heterocycles. The van der Waals surface area contributed by atoms with Crippen LogP contribution in [0.2, 0.25) is 0 Å². The summed E-state index contributed by atoms with van der Waals surface area (Å²) >= 11 is 0. The van der Waals surface area contributed by atoms with Gasteiger partial charge in [0, 0.05) is 32.8 Å². The van der Waals surface area contributed by atoms with Gasteiger partial charge in [-0.25, -0.2) is 4.98 Å². The molecule has 0 saturated carbocycles. The Kier molecular flexibility index (Phi) is 6.99. The van der Waals surface area contributed by atoms with E-state index in [0.29, 0.717) is 0 Å². The van der Waals surface area contributed by atoms with Crippen LogP contribution in [0, 0.1) is 0 Å². The molecule has 1 aliphatic rings. The third-order valence-corrected chi connectivity index (χ3v) is 11.9. The molecule has 3 aromatic heterocycles. The lowest BCUT2D eigenvalue weighted by Gasteiger charge is -2.14. The third kappa shape index (κ3) is 4.96. The van der Waals surface area contributed by atoms with Crippen LogP contribution in [0.15, 0.2) is 200 Å². The Hall–Kier alpha value is -7.49. The molecular formula is C54H35N3. The number of fused-ring (bicyclic) bond motifs is 9. The lowest BCUT2D eigenvalue weighted by Crippen LogP contribution is -1.99. The fourth-order valence-electron chi connectivity index (χ4n) is 9.30. The van der Waals surface area contributed by atoms with Gasteiger partial charge in [-0.1, -0.05) is 164 Å². The Bertz CT molecular complexity index is 3350. The number of hydrogen-bond acceptors (Lipinski definition) is 1. The molecule has 0 N–H and O–H groups in total. The summed E-state index contributed by atoms with van der Waals surface area (Å²) < 4.78 is 4.77. The highest BCUT2D eigenvalue weighted by Gasteiger charge is 2.21. The molecule has 3 heteroatoms. The van der Waals surface area contributed by atoms with Crippen molar-refractivity contribution in [2.75, 3.05) is 0 Å². The van der Waals surface area contributed by atoms with Crippen LogP contribution in [-0.4, -0.2) is 14.0 Å². The second-order valence-electron chi connectivity index (χ2n) is 15.1. The zero-order chi connectivity index (χ0) is 37.5. The molecule has 3 nitrogen and oxygen atoms in total. The Balaban J connectivity index is 1.01. The van der Waals surface area contributed by atoms with Gasteiger partial charge in [0.25, 0.3) is 0 Å². The van der Waals surface area contributed by atoms with Crippen molar-refractivity contribution in [2.45, 2.75) is 6.42 Å². The molecule has 0 aliphatic heterocycles. The van der Waals surface area contributed by atoms with E-state index in [2.05, 4.69) is 209 Å². The Morgan fingerprint density at radius 1 is 0.386 bits per heavy atom. The van der Waals surface area contributed by atoms with Crippen molar-refractivity contribution in [3.05, 3.63) is 211 Å². The maximum Gasteiger partial charge on any atom is 0.146 e. The number of para-hydroxylation sites is 1. The number of rotatable bonds is 5. The fourth-order valence-corrected chi connectivity index (χ4v) is 9.30. The maximum atomic E-state index is 5.35. The number of hydrogen-bond donors (Lipinski definition) is 0. The molecule has 0 radical (unpaired) electrons. The first-order valence-corrected chi connectivity index (χ1v) is 19.7. The van der Waals surface area contributed by atoms with Crippen LogP contribution < -0.4 is 0 Å². The van der Waals surface area contributed by atoms with E-state index in [1.54, 1.807) is 0 Å². The average Bonchev–Trinajstić information content (AvgIpc) is 3.94. The van der Waals surface area contributed by atoms with Crippen LogP contribution in [0.25, 0.3) is 99.9 Å². The van der Waals surface area contributed by atoms with E-state index < -0.39 is 0 Å². The first kappa shape index (κ1) is 31.8. The zero-order valence-corrected chi connectivity index (χ0v) is 31.1. The largest absolute Gasteiger partial charge is 0.309 e. The lowest BCUT2D eigenvalue weighted by molar-refractivity contribution is 1.15. The topological polar surface area (TPSA) is 22.2 Å². The predicted molar refractivity (Wildman–Crippen MR) is 237 cm³/mol. The van der Waals surface area contributed by atoms with E-state index in [0.717, 1.165) is 56.9 Å². The van der Waals surface area contributed by atoms with Crippen molar-refractivity contribution in [2.24, 2.45) is 0 Å². The lowest BCUT2D eigenvalue weighted by atomic mass is 9.98. The standard InChI is InChI=1S/C54H35N3/c1-3-13-35(14-4-1)49-34-52(57-53(37-15-5-2-6-16-37)46-20-9-10-21-47(46)54(57)55-49)36-23-27-42(28-24-36)56-50-22-12-11-19-45(50)48-33-39(26-30-51(48)56)38-25-29-44-41(31-38)32-40-17-7-8-18-43(40)44/h1-31,33-34H,32H2. The van der Waals surface area contributed by atoms with E-state index in [1.807, 2.05) is 0 Å². The smallest absolute Gasteiger partial charge is 0.146 e. The molecule has 12 rings (SSSR count). The summed E-state index contributed by atoms with van der Waals surface area (Å²) in [5, 5.41) is 4.84. The minimum Gasteiger partial charge on any atom is -0.309 e. The summed E-state index contributed by atoms with van der Waals surface area (Å²) in [6, 6.07) is 72.8. The van der Waals surface area contributed by atoms with Crippen molar-refractivity contribution in [3.63, 3.8) is 0 Å². The predicted octanol–water partition coefficient (Wildman–Crippen LogP) is 13.8. The monoisotopic (exact) mass is 725 g/mol. The van der Waals surface area contributed by atoms with Gasteiger partial charge in [-0.3, -0.25) is 4.40 Å². The van der Waals surface area contributed by atoms with Crippen molar-refractivity contribution < 1.29 is 0 Å². The molecular weight excluding hydrogens is 691 g/mol. The Morgan fingerprint density at radius 2 is 1.00 bits per heavy atom. The van der Waals surface area contributed by atoms with Gasteiger partial charge in [-0.15, -0.1) is 0 Å². The highest BCUT2D eigenvalue weighted by atomic mass is 15.0.